The minimum absolute atomic E-state index is 0.0604. The van der Waals surface area contributed by atoms with Crippen LogP contribution in [-0.4, -0.2) is 47.3 Å². The Morgan fingerprint density at radius 3 is 2.29 bits per heavy atom. The van der Waals surface area contributed by atoms with Gasteiger partial charge in [0.05, 0.1) is 0 Å². The Labute approximate surface area is 182 Å². The molecule has 10 heteroatoms. The molecule has 1 aromatic carbocycles. The number of hydrogen-bond donors (Lipinski definition) is 3. The van der Waals surface area contributed by atoms with E-state index in [9.17, 15) is 24.0 Å². The molecular formula is C21H29N3O7. The first-order valence-electron chi connectivity index (χ1n) is 10.1. The number of benzene rings is 1. The fourth-order valence-electron chi connectivity index (χ4n) is 2.26. The Morgan fingerprint density at radius 1 is 1.13 bits per heavy atom. The molecule has 3 amide bonds. The first-order valence-corrected chi connectivity index (χ1v) is 9.66. The fraction of sp³-hybridized carbons (Fsp3) is 0.476. The maximum atomic E-state index is 12.4. The Balaban J connectivity index is 2.59. The van der Waals surface area contributed by atoms with E-state index in [0.29, 0.717) is 0 Å². The third kappa shape index (κ3) is 10.2. The highest BCUT2D eigenvalue weighted by Gasteiger charge is 2.28. The number of rotatable bonds is 9. The summed E-state index contributed by atoms with van der Waals surface area (Å²) in [6, 6.07) is 6.32. The number of carbonyl (C=O) groups is 5. The molecule has 170 valence electrons. The van der Waals surface area contributed by atoms with Crippen molar-refractivity contribution in [2.75, 3.05) is 0 Å². The van der Waals surface area contributed by atoms with E-state index in [1.165, 1.54) is 6.92 Å². The summed E-state index contributed by atoms with van der Waals surface area (Å²) in [5.74, 6) is -5.04. The number of ether oxygens (including phenoxy) is 2. The average Bonchev–Trinajstić information content (AvgIpc) is 2.72. The average molecular weight is 436 g/mol. The molecule has 1 aromatic rings. The molecule has 0 spiro atoms. The van der Waals surface area contributed by atoms with Crippen LogP contribution in [0.1, 0.15) is 46.1 Å². The van der Waals surface area contributed by atoms with Crippen LogP contribution >= 0.6 is 0 Å². The molecule has 0 heterocycles. The van der Waals surface area contributed by atoms with Gasteiger partial charge in [0.15, 0.2) is 1.41 Å². The summed E-state index contributed by atoms with van der Waals surface area (Å²) < 4.78 is 17.7. The smallest absolute Gasteiger partial charge is 0.397 e. The topological polar surface area (TPSA) is 154 Å². The first-order chi connectivity index (χ1) is 14.8. The molecule has 0 fully saturated rings. The Bertz CT molecular complexity index is 840. The van der Waals surface area contributed by atoms with Crippen molar-refractivity contribution in [2.24, 2.45) is 5.73 Å². The van der Waals surface area contributed by atoms with Gasteiger partial charge in [0, 0.05) is 6.42 Å². The molecule has 0 aliphatic heterocycles. The van der Waals surface area contributed by atoms with E-state index in [0.717, 1.165) is 5.56 Å². The molecule has 4 N–H and O–H groups in total. The van der Waals surface area contributed by atoms with Gasteiger partial charge < -0.3 is 25.8 Å². The van der Waals surface area contributed by atoms with Crippen molar-refractivity contribution in [2.45, 2.75) is 64.8 Å². The maximum Gasteiger partial charge on any atom is 0.397 e. The van der Waals surface area contributed by atoms with Gasteiger partial charge in [-0.1, -0.05) is 30.3 Å². The molecule has 0 saturated carbocycles. The summed E-state index contributed by atoms with van der Waals surface area (Å²) in [7, 11) is 0. The third-order valence-corrected chi connectivity index (χ3v) is 3.80. The lowest BCUT2D eigenvalue weighted by Gasteiger charge is -2.21. The van der Waals surface area contributed by atoms with E-state index in [1.54, 1.807) is 45.0 Å². The second kappa shape index (κ2) is 11.7. The van der Waals surface area contributed by atoms with Gasteiger partial charge in [0.2, 0.25) is 11.8 Å². The standard InChI is InChI=1S/C21H29N3O7/c1-13(23-19(28)20(29)31-21(2,3)4)18(27)24-15(17(22)26)10-11-16(25)30-12-14-8-6-5-7-9-14/h5-9,13,15H,10-12H2,1-4H3,(H2,22,26)(H,23,28)(H,24,27)/t13-,15-/m0/s1/i/hD. The van der Waals surface area contributed by atoms with Gasteiger partial charge in [0.1, 0.15) is 24.3 Å². The van der Waals surface area contributed by atoms with Crippen molar-refractivity contribution < 1.29 is 34.9 Å². The number of carbonyl (C=O) groups excluding carboxylic acids is 5. The lowest BCUT2D eigenvalue weighted by Crippen LogP contribution is -2.53. The molecule has 0 aliphatic carbocycles. The molecule has 0 aromatic heterocycles. The van der Waals surface area contributed by atoms with E-state index >= 15 is 0 Å². The zero-order valence-electron chi connectivity index (χ0n) is 19.0. The normalized spacial score (nSPS) is 13.2. The van der Waals surface area contributed by atoms with Crippen molar-refractivity contribution in [1.29, 1.82) is 0 Å². The Hall–Kier alpha value is -3.43. The second-order valence-electron chi connectivity index (χ2n) is 7.76. The predicted octanol–water partition coefficient (Wildman–Crippen LogP) is 0.327. The highest BCUT2D eigenvalue weighted by molar-refractivity contribution is 6.33. The van der Waals surface area contributed by atoms with Gasteiger partial charge in [-0.3, -0.25) is 19.2 Å². The highest BCUT2D eigenvalue weighted by Crippen LogP contribution is 2.07. The Morgan fingerprint density at radius 2 is 1.74 bits per heavy atom. The largest absolute Gasteiger partial charge is 0.461 e. The summed E-state index contributed by atoms with van der Waals surface area (Å²) in [6.07, 6.45) is -0.337. The van der Waals surface area contributed by atoms with E-state index in [2.05, 4.69) is 5.32 Å². The number of nitrogens with one attached hydrogen (secondary N) is 2. The minimum atomic E-state index is -1.43. The van der Waals surface area contributed by atoms with E-state index in [4.69, 9.17) is 16.6 Å². The fourth-order valence-corrected chi connectivity index (χ4v) is 2.26. The van der Waals surface area contributed by atoms with E-state index in [-0.39, 0.29) is 24.8 Å². The molecular weight excluding hydrogens is 406 g/mol. The van der Waals surface area contributed by atoms with Crippen LogP contribution < -0.4 is 16.4 Å². The number of nitrogens with two attached hydrogens (primary N) is 1. The zero-order chi connectivity index (χ0) is 24.5. The second-order valence-corrected chi connectivity index (χ2v) is 7.76. The summed E-state index contributed by atoms with van der Waals surface area (Å²) in [4.78, 5) is 59.8. The van der Waals surface area contributed by atoms with Gasteiger partial charge in [-0.25, -0.2) is 4.79 Å². The van der Waals surface area contributed by atoms with Crippen LogP contribution in [0.15, 0.2) is 30.3 Å². The third-order valence-electron chi connectivity index (χ3n) is 3.80. The maximum absolute atomic E-state index is 12.4. The van der Waals surface area contributed by atoms with Crippen molar-refractivity contribution in [1.82, 2.24) is 10.6 Å². The first kappa shape index (κ1) is 23.8. The summed E-state index contributed by atoms with van der Waals surface area (Å²) in [5, 5.41) is 2.43. The van der Waals surface area contributed by atoms with Crippen LogP contribution in [0.25, 0.3) is 0 Å². The van der Waals surface area contributed by atoms with Crippen molar-refractivity contribution in [3.8, 4) is 0 Å². The number of hydrogen-bond acceptors (Lipinski definition) is 7. The van der Waals surface area contributed by atoms with Gasteiger partial charge in [-0.05, 0) is 39.7 Å². The monoisotopic (exact) mass is 436 g/mol. The molecule has 0 unspecified atom stereocenters. The van der Waals surface area contributed by atoms with E-state index in [1.807, 2.05) is 6.07 Å². The van der Waals surface area contributed by atoms with Crippen LogP contribution in [0.5, 0.6) is 0 Å². The van der Waals surface area contributed by atoms with Crippen LogP contribution in [0.3, 0.4) is 0 Å². The minimum Gasteiger partial charge on any atom is -0.461 e. The lowest BCUT2D eigenvalue weighted by atomic mass is 10.1. The summed E-state index contributed by atoms with van der Waals surface area (Å²) in [6.45, 7) is 5.89. The number of primary amides is 1. The van der Waals surface area contributed by atoms with Crippen molar-refractivity contribution in [3.63, 3.8) is 0 Å². The molecule has 31 heavy (non-hydrogen) atoms. The predicted molar refractivity (Wildman–Crippen MR) is 110 cm³/mol. The van der Waals surface area contributed by atoms with Gasteiger partial charge in [-0.15, -0.1) is 0 Å². The van der Waals surface area contributed by atoms with Gasteiger partial charge >= 0.3 is 17.8 Å². The van der Waals surface area contributed by atoms with Crippen LogP contribution in [0.2, 0.25) is 1.41 Å². The van der Waals surface area contributed by atoms with Crippen LogP contribution in [0, 0.1) is 0 Å². The van der Waals surface area contributed by atoms with Crippen molar-refractivity contribution >= 4 is 29.7 Å². The summed E-state index contributed by atoms with van der Waals surface area (Å²) in [5.41, 5.74) is 5.12. The highest BCUT2D eigenvalue weighted by atomic mass is 16.6. The SMILES string of the molecule is [2H]N(C(=O)C(=O)OC(C)(C)C)[C@@H](C)C(=O)N[C@@H](CCC(=O)OCc1ccccc1)C(N)=O. The molecule has 0 saturated heterocycles. The zero-order valence-corrected chi connectivity index (χ0v) is 18.0. The van der Waals surface area contributed by atoms with Crippen molar-refractivity contribution in [3.05, 3.63) is 35.9 Å². The number of esters is 2. The summed E-state index contributed by atoms with van der Waals surface area (Å²) >= 11 is 0. The van der Waals surface area contributed by atoms with Crippen LogP contribution in [0.4, 0.5) is 0 Å². The van der Waals surface area contributed by atoms with Gasteiger partial charge in [-0.2, -0.15) is 0 Å². The quantitative estimate of drug-likeness (QED) is 0.372. The number of amides is 3. The molecule has 2 atom stereocenters. The molecule has 0 bridgehead atoms. The molecule has 10 nitrogen and oxygen atoms in total. The molecule has 0 aliphatic rings. The van der Waals surface area contributed by atoms with E-state index < -0.39 is 47.3 Å². The van der Waals surface area contributed by atoms with Gasteiger partial charge in [0.25, 0.3) is 0 Å². The van der Waals surface area contributed by atoms with Crippen LogP contribution in [-0.2, 0) is 40.1 Å². The molecule has 1 rings (SSSR count). The molecule has 0 radical (unpaired) electrons. The lowest BCUT2D eigenvalue weighted by molar-refractivity contribution is -0.163. The Kier molecular flexibility index (Phi) is 8.98.